The Bertz CT molecular complexity index is 245. The van der Waals surface area contributed by atoms with Crippen LogP contribution in [0.15, 0.2) is 0 Å². The maximum absolute atomic E-state index is 11.7. The molecular weight excluding hydrogens is 176 g/mol. The summed E-state index contributed by atoms with van der Waals surface area (Å²) >= 11 is 0. The zero-order valence-electron chi connectivity index (χ0n) is 8.75. The van der Waals surface area contributed by atoms with E-state index in [4.69, 9.17) is 12.2 Å². The third-order valence-corrected chi connectivity index (χ3v) is 3.13. The number of amides is 1. The Morgan fingerprint density at radius 2 is 2.29 bits per heavy atom. The molecule has 14 heavy (non-hydrogen) atoms. The second-order valence-electron chi connectivity index (χ2n) is 4.19. The first-order valence-electron chi connectivity index (χ1n) is 5.01. The molecule has 0 aromatic carbocycles. The maximum Gasteiger partial charge on any atom is 0.223 e. The largest absolute Gasteiger partial charge is 0.335 e. The summed E-state index contributed by atoms with van der Waals surface area (Å²) in [5.41, 5.74) is 5.76. The van der Waals surface area contributed by atoms with E-state index in [-0.39, 0.29) is 11.3 Å². The van der Waals surface area contributed by atoms with Crippen LogP contribution in [0.2, 0.25) is 0 Å². The molecule has 1 fully saturated rings. The predicted octanol–water partition coefficient (Wildman–Crippen LogP) is 0.597. The number of nitrogens with zero attached hydrogens (tertiary/aromatic N) is 1. The van der Waals surface area contributed by atoms with Gasteiger partial charge in [0.1, 0.15) is 0 Å². The SMILES string of the molecule is C#CCN(C)C(=O)CC1(CN)CCC1. The molecule has 1 aliphatic rings. The van der Waals surface area contributed by atoms with Crippen molar-refractivity contribution in [3.63, 3.8) is 0 Å². The van der Waals surface area contributed by atoms with Gasteiger partial charge in [-0.25, -0.2) is 0 Å². The number of rotatable bonds is 4. The molecule has 0 spiro atoms. The topological polar surface area (TPSA) is 46.3 Å². The van der Waals surface area contributed by atoms with Crippen molar-refractivity contribution in [1.29, 1.82) is 0 Å². The fraction of sp³-hybridized carbons (Fsp3) is 0.727. The van der Waals surface area contributed by atoms with Crippen LogP contribution >= 0.6 is 0 Å². The lowest BCUT2D eigenvalue weighted by atomic mass is 9.66. The van der Waals surface area contributed by atoms with E-state index >= 15 is 0 Å². The average molecular weight is 194 g/mol. The van der Waals surface area contributed by atoms with Crippen molar-refractivity contribution in [3.05, 3.63) is 0 Å². The van der Waals surface area contributed by atoms with Crippen LogP contribution in [0.4, 0.5) is 0 Å². The van der Waals surface area contributed by atoms with Crippen LogP contribution in [0.5, 0.6) is 0 Å². The molecule has 1 aliphatic carbocycles. The molecule has 1 rings (SSSR count). The Labute approximate surface area is 85.6 Å². The molecule has 1 amide bonds. The van der Waals surface area contributed by atoms with E-state index in [1.54, 1.807) is 11.9 Å². The fourth-order valence-corrected chi connectivity index (χ4v) is 1.81. The van der Waals surface area contributed by atoms with Crippen molar-refractivity contribution < 1.29 is 4.79 Å². The van der Waals surface area contributed by atoms with Gasteiger partial charge in [0, 0.05) is 13.5 Å². The molecule has 0 radical (unpaired) electrons. The van der Waals surface area contributed by atoms with Crippen LogP contribution < -0.4 is 5.73 Å². The van der Waals surface area contributed by atoms with Gasteiger partial charge in [-0.05, 0) is 24.8 Å². The number of carbonyl (C=O) groups excluding carboxylic acids is 1. The molecule has 3 heteroatoms. The normalized spacial score (nSPS) is 18.1. The molecule has 0 aliphatic heterocycles. The zero-order chi connectivity index (χ0) is 10.6. The van der Waals surface area contributed by atoms with Gasteiger partial charge >= 0.3 is 0 Å². The third kappa shape index (κ3) is 2.27. The first-order chi connectivity index (χ1) is 6.63. The van der Waals surface area contributed by atoms with E-state index in [1.165, 1.54) is 6.42 Å². The molecule has 0 aromatic rings. The van der Waals surface area contributed by atoms with Crippen LogP contribution in [0, 0.1) is 17.8 Å². The summed E-state index contributed by atoms with van der Waals surface area (Å²) in [6.07, 6.45) is 9.06. The van der Waals surface area contributed by atoms with Gasteiger partial charge in [-0.3, -0.25) is 4.79 Å². The van der Waals surface area contributed by atoms with Crippen LogP contribution in [-0.4, -0.2) is 30.9 Å². The Morgan fingerprint density at radius 1 is 1.64 bits per heavy atom. The van der Waals surface area contributed by atoms with Crippen molar-refractivity contribution in [2.75, 3.05) is 20.1 Å². The van der Waals surface area contributed by atoms with Crippen molar-refractivity contribution in [2.45, 2.75) is 25.7 Å². The van der Waals surface area contributed by atoms with E-state index in [1.807, 2.05) is 0 Å². The molecule has 3 nitrogen and oxygen atoms in total. The van der Waals surface area contributed by atoms with Gasteiger partial charge in [-0.15, -0.1) is 6.42 Å². The first kappa shape index (κ1) is 11.1. The van der Waals surface area contributed by atoms with Gasteiger partial charge < -0.3 is 10.6 Å². The van der Waals surface area contributed by atoms with Crippen LogP contribution in [0.1, 0.15) is 25.7 Å². The summed E-state index contributed by atoms with van der Waals surface area (Å²) in [4.78, 5) is 13.3. The van der Waals surface area contributed by atoms with Gasteiger partial charge in [-0.2, -0.15) is 0 Å². The minimum Gasteiger partial charge on any atom is -0.335 e. The molecule has 0 bridgehead atoms. The average Bonchev–Trinajstić information content (AvgIpc) is 2.11. The van der Waals surface area contributed by atoms with Crippen molar-refractivity contribution in [2.24, 2.45) is 11.1 Å². The second kappa shape index (κ2) is 4.47. The van der Waals surface area contributed by atoms with Gasteiger partial charge in [-0.1, -0.05) is 12.3 Å². The Balaban J connectivity index is 2.43. The minimum atomic E-state index is 0.0833. The molecule has 0 heterocycles. The molecular formula is C11H18N2O. The van der Waals surface area contributed by atoms with E-state index in [0.29, 0.717) is 19.5 Å². The number of hydrogen-bond acceptors (Lipinski definition) is 2. The quantitative estimate of drug-likeness (QED) is 0.666. The highest BCUT2D eigenvalue weighted by Gasteiger charge is 2.38. The van der Waals surface area contributed by atoms with E-state index in [2.05, 4.69) is 5.92 Å². The Hall–Kier alpha value is -1.01. The van der Waals surface area contributed by atoms with E-state index in [0.717, 1.165) is 12.8 Å². The third-order valence-electron chi connectivity index (χ3n) is 3.13. The summed E-state index contributed by atoms with van der Waals surface area (Å²) in [5, 5.41) is 0. The van der Waals surface area contributed by atoms with Gasteiger partial charge in [0.05, 0.1) is 6.54 Å². The fourth-order valence-electron chi connectivity index (χ4n) is 1.81. The zero-order valence-corrected chi connectivity index (χ0v) is 8.75. The lowest BCUT2D eigenvalue weighted by Gasteiger charge is -2.41. The second-order valence-corrected chi connectivity index (χ2v) is 4.19. The standard InChI is InChI=1S/C11H18N2O/c1-3-7-13(2)10(14)8-11(9-12)5-4-6-11/h1H,4-9,12H2,2H3. The van der Waals surface area contributed by atoms with Crippen LogP contribution in [0.25, 0.3) is 0 Å². The highest BCUT2D eigenvalue weighted by molar-refractivity contribution is 5.77. The molecule has 2 N–H and O–H groups in total. The van der Waals surface area contributed by atoms with Crippen molar-refractivity contribution >= 4 is 5.91 Å². The summed E-state index contributed by atoms with van der Waals surface area (Å²) in [6, 6.07) is 0. The number of carbonyl (C=O) groups is 1. The van der Waals surface area contributed by atoms with Crippen molar-refractivity contribution in [3.8, 4) is 12.3 Å². The van der Waals surface area contributed by atoms with Gasteiger partial charge in [0.25, 0.3) is 0 Å². The summed E-state index contributed by atoms with van der Waals surface area (Å²) < 4.78 is 0. The minimum absolute atomic E-state index is 0.0833. The Morgan fingerprint density at radius 3 is 2.64 bits per heavy atom. The number of nitrogens with two attached hydrogens (primary N) is 1. The maximum atomic E-state index is 11.7. The highest BCUT2D eigenvalue weighted by atomic mass is 16.2. The number of terminal acetylenes is 1. The molecule has 0 atom stereocenters. The van der Waals surface area contributed by atoms with Gasteiger partial charge in [0.2, 0.25) is 5.91 Å². The molecule has 78 valence electrons. The van der Waals surface area contributed by atoms with E-state index in [9.17, 15) is 4.79 Å². The monoisotopic (exact) mass is 194 g/mol. The smallest absolute Gasteiger partial charge is 0.223 e. The first-order valence-corrected chi connectivity index (χ1v) is 5.01. The lowest BCUT2D eigenvalue weighted by molar-refractivity contribution is -0.133. The van der Waals surface area contributed by atoms with Crippen LogP contribution in [0.3, 0.4) is 0 Å². The summed E-state index contributed by atoms with van der Waals surface area (Å²) in [5.74, 6) is 2.58. The summed E-state index contributed by atoms with van der Waals surface area (Å²) in [6.45, 7) is 1.00. The lowest BCUT2D eigenvalue weighted by Crippen LogP contribution is -2.42. The predicted molar refractivity (Wildman–Crippen MR) is 56.4 cm³/mol. The van der Waals surface area contributed by atoms with Gasteiger partial charge in [0.15, 0.2) is 0 Å². The number of hydrogen-bond donors (Lipinski definition) is 1. The summed E-state index contributed by atoms with van der Waals surface area (Å²) in [7, 11) is 1.74. The molecule has 0 saturated heterocycles. The highest BCUT2D eigenvalue weighted by Crippen LogP contribution is 2.43. The van der Waals surface area contributed by atoms with Crippen molar-refractivity contribution in [1.82, 2.24) is 4.90 Å². The molecule has 0 unspecified atom stereocenters. The van der Waals surface area contributed by atoms with E-state index < -0.39 is 0 Å². The van der Waals surface area contributed by atoms with Crippen LogP contribution in [-0.2, 0) is 4.79 Å². The molecule has 1 saturated carbocycles. The Kier molecular flexibility index (Phi) is 3.54. The molecule has 0 aromatic heterocycles.